The van der Waals surface area contributed by atoms with Crippen molar-refractivity contribution in [1.29, 1.82) is 0 Å². The quantitative estimate of drug-likeness (QED) is 0.115. The molecule has 4 aromatic rings. The maximum atomic E-state index is 13.7. The van der Waals surface area contributed by atoms with Gasteiger partial charge in [0.1, 0.15) is 17.0 Å². The van der Waals surface area contributed by atoms with E-state index in [1.165, 1.54) is 18.9 Å². The van der Waals surface area contributed by atoms with Crippen molar-refractivity contribution in [3.63, 3.8) is 0 Å². The first kappa shape index (κ1) is 40.5. The number of imidazole rings is 1. The van der Waals surface area contributed by atoms with Crippen LogP contribution in [0, 0.1) is 6.92 Å². The van der Waals surface area contributed by atoms with Gasteiger partial charge >= 0.3 is 0 Å². The fourth-order valence-electron chi connectivity index (χ4n) is 5.67. The predicted octanol–water partition coefficient (Wildman–Crippen LogP) is 6.69. The molecule has 0 atom stereocenters. The van der Waals surface area contributed by atoms with Gasteiger partial charge in [0.05, 0.1) is 36.2 Å². The van der Waals surface area contributed by atoms with Gasteiger partial charge in [0, 0.05) is 45.2 Å². The number of methoxy groups -OCH3 is 1. The van der Waals surface area contributed by atoms with Crippen molar-refractivity contribution >= 4 is 76.7 Å². The molecule has 1 aliphatic rings. The van der Waals surface area contributed by atoms with Crippen molar-refractivity contribution in [3.05, 3.63) is 71.3 Å². The first-order valence-corrected chi connectivity index (χ1v) is 17.4. The second-order valence-electron chi connectivity index (χ2n) is 12.0. The number of ether oxygens (including phenoxy) is 2. The van der Waals surface area contributed by atoms with Crippen LogP contribution in [0.4, 0.5) is 11.4 Å². The minimum atomic E-state index is -0.336. The third-order valence-corrected chi connectivity index (χ3v) is 9.14. The van der Waals surface area contributed by atoms with E-state index in [9.17, 15) is 14.4 Å². The number of nitrogens with one attached hydrogen (secondary N) is 2. The molecule has 3 amide bonds. The number of para-hydroxylation sites is 1. The van der Waals surface area contributed by atoms with Gasteiger partial charge in [-0.1, -0.05) is 23.9 Å². The summed E-state index contributed by atoms with van der Waals surface area (Å²) in [6.45, 7) is 5.92. The molecule has 0 unspecified atom stereocenters. The number of hydrogen-bond acceptors (Lipinski definition) is 8. The van der Waals surface area contributed by atoms with E-state index in [-0.39, 0.29) is 42.5 Å². The lowest BCUT2D eigenvalue weighted by atomic mass is 10.1. The smallest absolute Gasteiger partial charge is 0.258 e. The topological polar surface area (TPSA) is 120 Å². The Morgan fingerprint density at radius 3 is 2.46 bits per heavy atom. The largest absolute Gasteiger partial charge is 0.495 e. The van der Waals surface area contributed by atoms with E-state index in [0.717, 1.165) is 61.7 Å². The maximum absolute atomic E-state index is 13.7. The summed E-state index contributed by atoms with van der Waals surface area (Å²) in [5.74, 6) is 0.611. The fourth-order valence-corrected chi connectivity index (χ4v) is 6.07. The zero-order valence-corrected chi connectivity index (χ0v) is 31.6. The van der Waals surface area contributed by atoms with Crippen LogP contribution >= 0.6 is 36.6 Å². The van der Waals surface area contributed by atoms with Gasteiger partial charge in [0.15, 0.2) is 5.16 Å². The number of hydrogen-bond donors (Lipinski definition) is 2. The number of piperazine rings is 1. The number of unbranched alkanes of at least 4 members (excludes halogenated alkanes) is 2. The highest BCUT2D eigenvalue weighted by Crippen LogP contribution is 2.32. The van der Waals surface area contributed by atoms with Gasteiger partial charge in [-0.15, -0.1) is 24.8 Å². The van der Waals surface area contributed by atoms with E-state index in [4.69, 9.17) is 9.47 Å². The number of rotatable bonds is 13. The van der Waals surface area contributed by atoms with Gasteiger partial charge in [-0.2, -0.15) is 0 Å². The molecule has 14 heteroatoms. The van der Waals surface area contributed by atoms with Crippen molar-refractivity contribution in [2.45, 2.75) is 37.8 Å². The molecule has 1 aliphatic heterocycles. The number of benzene rings is 3. The zero-order chi connectivity index (χ0) is 34.2. The molecular formula is C36H46Cl2N6O5S. The van der Waals surface area contributed by atoms with Crippen LogP contribution in [-0.2, 0) is 4.79 Å². The summed E-state index contributed by atoms with van der Waals surface area (Å²) in [4.78, 5) is 53.0. The van der Waals surface area contributed by atoms with E-state index in [0.29, 0.717) is 52.5 Å². The van der Waals surface area contributed by atoms with Crippen LogP contribution in [0.2, 0.25) is 0 Å². The lowest BCUT2D eigenvalue weighted by Gasteiger charge is -2.32. The number of H-pyrrole nitrogens is 1. The summed E-state index contributed by atoms with van der Waals surface area (Å²) in [5, 5.41) is 3.63. The van der Waals surface area contributed by atoms with Gasteiger partial charge in [0.25, 0.3) is 11.8 Å². The van der Waals surface area contributed by atoms with Crippen LogP contribution < -0.4 is 19.7 Å². The van der Waals surface area contributed by atoms with Gasteiger partial charge in [-0.25, -0.2) is 4.98 Å². The number of carbonyl (C=O) groups is 3. The molecule has 2 heterocycles. The van der Waals surface area contributed by atoms with E-state index in [1.807, 2.05) is 42.3 Å². The van der Waals surface area contributed by atoms with Gasteiger partial charge < -0.3 is 34.5 Å². The third-order valence-electron chi connectivity index (χ3n) is 8.56. The third kappa shape index (κ3) is 9.84. The number of aromatic amines is 1. The Balaban J connectivity index is 0.00000338. The molecule has 1 fully saturated rings. The Hall–Kier alpha value is -3.97. The standard InChI is InChI=1S/C36H44N6O5S.2ClH/c1-24-13-16-29(31(22-24)47-21-8-6-7-12-32(43)42-19-17-40(2)18-20-42)41(3)35(45)25-14-15-27(30(23-25)46-4)37-34(44)26-10-9-11-28-33(26)39-36(38-28)48-5;;/h9-11,13-16,22-23H,6-8,12,17-21H2,1-5H3,(H,37,44)(H,38,39);2*1H. The molecule has 0 saturated carbocycles. The summed E-state index contributed by atoms with van der Waals surface area (Å²) in [5.41, 5.74) is 4.27. The van der Waals surface area contributed by atoms with Crippen molar-refractivity contribution in [2.24, 2.45) is 0 Å². The lowest BCUT2D eigenvalue weighted by Crippen LogP contribution is -2.47. The van der Waals surface area contributed by atoms with E-state index >= 15 is 0 Å². The van der Waals surface area contributed by atoms with E-state index in [1.54, 1.807) is 42.3 Å². The average molecular weight is 746 g/mol. The van der Waals surface area contributed by atoms with Crippen molar-refractivity contribution in [2.75, 3.05) is 70.5 Å². The number of carbonyl (C=O) groups excluding carboxylic acids is 3. The maximum Gasteiger partial charge on any atom is 0.258 e. The Morgan fingerprint density at radius 2 is 1.74 bits per heavy atom. The minimum absolute atomic E-state index is 0. The van der Waals surface area contributed by atoms with Crippen LogP contribution in [0.1, 0.15) is 52.0 Å². The predicted molar refractivity (Wildman–Crippen MR) is 205 cm³/mol. The van der Waals surface area contributed by atoms with Crippen LogP contribution in [0.3, 0.4) is 0 Å². The Bertz CT molecular complexity index is 1780. The summed E-state index contributed by atoms with van der Waals surface area (Å²) >= 11 is 1.47. The average Bonchev–Trinajstić information content (AvgIpc) is 3.53. The van der Waals surface area contributed by atoms with Gasteiger partial charge in [-0.3, -0.25) is 14.4 Å². The molecule has 1 saturated heterocycles. The molecule has 3 aromatic carbocycles. The molecule has 0 radical (unpaired) electrons. The number of aryl methyl sites for hydroxylation is 1. The molecule has 5 rings (SSSR count). The Labute approximate surface area is 310 Å². The van der Waals surface area contributed by atoms with E-state index in [2.05, 4.69) is 27.2 Å². The molecule has 0 aliphatic carbocycles. The second-order valence-corrected chi connectivity index (χ2v) is 12.8. The lowest BCUT2D eigenvalue weighted by molar-refractivity contribution is -0.132. The minimum Gasteiger partial charge on any atom is -0.495 e. The van der Waals surface area contributed by atoms with Crippen LogP contribution in [0.5, 0.6) is 11.5 Å². The molecule has 0 bridgehead atoms. The van der Waals surface area contributed by atoms with Crippen LogP contribution in [-0.4, -0.2) is 97.7 Å². The Morgan fingerprint density at radius 1 is 0.980 bits per heavy atom. The van der Waals surface area contributed by atoms with Gasteiger partial charge in [-0.05, 0) is 87.5 Å². The van der Waals surface area contributed by atoms with Crippen LogP contribution in [0.15, 0.2) is 59.8 Å². The highest BCUT2D eigenvalue weighted by Gasteiger charge is 2.22. The number of amides is 3. The summed E-state index contributed by atoms with van der Waals surface area (Å²) < 4.78 is 11.8. The van der Waals surface area contributed by atoms with Crippen LogP contribution in [0.25, 0.3) is 11.0 Å². The van der Waals surface area contributed by atoms with Crippen molar-refractivity contribution in [1.82, 2.24) is 19.8 Å². The molecule has 2 N–H and O–H groups in total. The first-order chi connectivity index (χ1) is 23.2. The number of nitrogens with zero attached hydrogens (tertiary/aromatic N) is 4. The highest BCUT2D eigenvalue weighted by molar-refractivity contribution is 7.98. The highest BCUT2D eigenvalue weighted by atomic mass is 35.5. The summed E-state index contributed by atoms with van der Waals surface area (Å²) in [6.07, 6.45) is 4.98. The molecule has 0 spiro atoms. The number of likely N-dealkylation sites (N-methyl/N-ethyl adjacent to an activating group) is 1. The number of fused-ring (bicyclic) bond motifs is 1. The summed E-state index contributed by atoms with van der Waals surface area (Å²) in [6, 6.07) is 16.1. The number of halogens is 2. The number of anilines is 2. The van der Waals surface area contributed by atoms with E-state index < -0.39 is 0 Å². The molecule has 11 nitrogen and oxygen atoms in total. The molecule has 1 aromatic heterocycles. The zero-order valence-electron chi connectivity index (χ0n) is 29.1. The van der Waals surface area contributed by atoms with Crippen molar-refractivity contribution in [3.8, 4) is 11.5 Å². The molecule has 50 heavy (non-hydrogen) atoms. The second kappa shape index (κ2) is 18.9. The number of aromatic nitrogens is 2. The monoisotopic (exact) mass is 744 g/mol. The normalized spacial score (nSPS) is 12.9. The first-order valence-electron chi connectivity index (χ1n) is 16.2. The Kier molecular flexibility index (Phi) is 15.3. The fraction of sp³-hybridized carbons (Fsp3) is 0.389. The molecule has 270 valence electrons. The summed E-state index contributed by atoms with van der Waals surface area (Å²) in [7, 11) is 5.29. The molecular weight excluding hydrogens is 699 g/mol. The SMILES string of the molecule is COc1cc(C(=O)N(C)c2ccc(C)cc2OCCCCCC(=O)N2CCN(C)CC2)ccc1NC(=O)c1cccc2[nH]c(SC)nc12.Cl.Cl. The van der Waals surface area contributed by atoms with Crippen molar-refractivity contribution < 1.29 is 23.9 Å². The number of thioether (sulfide) groups is 1. The van der Waals surface area contributed by atoms with Gasteiger partial charge in [0.2, 0.25) is 5.91 Å².